The summed E-state index contributed by atoms with van der Waals surface area (Å²) in [6, 6.07) is 4.32. The van der Waals surface area contributed by atoms with Crippen LogP contribution in [0.5, 0.6) is 0 Å². The summed E-state index contributed by atoms with van der Waals surface area (Å²) in [4.78, 5) is 28.8. The van der Waals surface area contributed by atoms with Crippen LogP contribution >= 0.6 is 22.6 Å². The van der Waals surface area contributed by atoms with Crippen LogP contribution in [0.25, 0.3) is 0 Å². The van der Waals surface area contributed by atoms with Crippen molar-refractivity contribution in [3.8, 4) is 0 Å². The van der Waals surface area contributed by atoms with Crippen molar-refractivity contribution in [2.45, 2.75) is 25.8 Å². The Bertz CT molecular complexity index is 826. The van der Waals surface area contributed by atoms with E-state index in [9.17, 15) is 18.4 Å². The highest BCUT2D eigenvalue weighted by Gasteiger charge is 2.35. The first kappa shape index (κ1) is 16.1. The molecule has 0 aliphatic heterocycles. The fourth-order valence-electron chi connectivity index (χ4n) is 2.39. The Labute approximate surface area is 144 Å². The summed E-state index contributed by atoms with van der Waals surface area (Å²) < 4.78 is 27.7. The van der Waals surface area contributed by atoms with Crippen LogP contribution in [-0.4, -0.2) is 16.9 Å². The molecule has 0 unspecified atom stereocenters. The maximum atomic E-state index is 13.5. The molecule has 1 saturated carbocycles. The van der Waals surface area contributed by atoms with Crippen molar-refractivity contribution in [2.75, 3.05) is 4.90 Å². The molecule has 0 atom stereocenters. The highest BCUT2D eigenvalue weighted by atomic mass is 127. The minimum atomic E-state index is -0.758. The average molecular weight is 430 g/mol. The molecule has 1 aromatic heterocycles. The second-order valence-corrected chi connectivity index (χ2v) is 6.68. The number of benzene rings is 1. The summed E-state index contributed by atoms with van der Waals surface area (Å²) in [5.74, 6) is -2.06. The van der Waals surface area contributed by atoms with Gasteiger partial charge in [0.15, 0.2) is 0 Å². The summed E-state index contributed by atoms with van der Waals surface area (Å²) in [5.41, 5.74) is 0.263. The Morgan fingerprint density at radius 1 is 1.22 bits per heavy atom. The maximum Gasteiger partial charge on any atom is 0.264 e. The second-order valence-electron chi connectivity index (χ2n) is 5.52. The number of amides is 1. The van der Waals surface area contributed by atoms with Gasteiger partial charge in [0, 0.05) is 21.4 Å². The van der Waals surface area contributed by atoms with Crippen molar-refractivity contribution in [1.29, 1.82) is 0 Å². The second kappa shape index (κ2) is 6.03. The van der Waals surface area contributed by atoms with Gasteiger partial charge in [-0.05, 0) is 60.6 Å². The van der Waals surface area contributed by atoms with Gasteiger partial charge in [-0.1, -0.05) is 0 Å². The molecule has 120 valence electrons. The lowest BCUT2D eigenvalue weighted by molar-refractivity contribution is 0.0983. The zero-order valence-corrected chi connectivity index (χ0v) is 14.4. The van der Waals surface area contributed by atoms with E-state index in [0.717, 1.165) is 34.6 Å². The molecule has 0 radical (unpaired) electrons. The number of nitrogens with one attached hydrogen (secondary N) is 1. The number of aromatic amines is 1. The molecular formula is C16H13F2IN2O2. The smallest absolute Gasteiger partial charge is 0.264 e. The predicted octanol–water partition coefficient (Wildman–Crippen LogP) is 3.38. The van der Waals surface area contributed by atoms with Gasteiger partial charge in [0.1, 0.15) is 17.2 Å². The van der Waals surface area contributed by atoms with Gasteiger partial charge in [-0.15, -0.1) is 0 Å². The minimum Gasteiger partial charge on any atom is -0.325 e. The number of pyridine rings is 1. The van der Waals surface area contributed by atoms with Gasteiger partial charge in [0.25, 0.3) is 11.5 Å². The molecule has 7 heteroatoms. The molecule has 0 spiro atoms. The zero-order valence-electron chi connectivity index (χ0n) is 12.2. The van der Waals surface area contributed by atoms with E-state index in [4.69, 9.17) is 0 Å². The Kier molecular flexibility index (Phi) is 4.22. The maximum absolute atomic E-state index is 13.5. The molecule has 1 aliphatic carbocycles. The third-order valence-electron chi connectivity index (χ3n) is 3.66. The quantitative estimate of drug-likeness (QED) is 0.760. The van der Waals surface area contributed by atoms with E-state index in [2.05, 4.69) is 4.98 Å². The van der Waals surface area contributed by atoms with Crippen LogP contribution < -0.4 is 10.5 Å². The topological polar surface area (TPSA) is 53.2 Å². The van der Waals surface area contributed by atoms with Crippen LogP contribution in [0.1, 0.15) is 28.9 Å². The lowest BCUT2D eigenvalue weighted by atomic mass is 10.2. The molecule has 3 rings (SSSR count). The van der Waals surface area contributed by atoms with E-state index in [-0.39, 0.29) is 17.3 Å². The van der Waals surface area contributed by atoms with E-state index in [0.29, 0.717) is 5.69 Å². The van der Waals surface area contributed by atoms with Crippen molar-refractivity contribution >= 4 is 34.2 Å². The first-order chi connectivity index (χ1) is 10.9. The SMILES string of the molecule is Cc1[nH]c(=O)c(C(=O)N(c2cc(F)cc(F)c2)C2CC2)cc1I. The van der Waals surface area contributed by atoms with Gasteiger partial charge in [0.2, 0.25) is 0 Å². The summed E-state index contributed by atoms with van der Waals surface area (Å²) >= 11 is 2.02. The number of rotatable bonds is 3. The van der Waals surface area contributed by atoms with Crippen LogP contribution in [0, 0.1) is 22.1 Å². The van der Waals surface area contributed by atoms with Gasteiger partial charge in [-0.25, -0.2) is 8.78 Å². The highest BCUT2D eigenvalue weighted by molar-refractivity contribution is 14.1. The molecule has 1 aliphatic rings. The zero-order chi connectivity index (χ0) is 16.7. The normalized spacial score (nSPS) is 13.9. The largest absolute Gasteiger partial charge is 0.325 e. The Hall–Kier alpha value is -1.77. The third-order valence-corrected chi connectivity index (χ3v) is 4.78. The Balaban J connectivity index is 2.07. The molecule has 1 amide bonds. The summed E-state index contributed by atoms with van der Waals surface area (Å²) in [7, 11) is 0. The summed E-state index contributed by atoms with van der Waals surface area (Å²) in [5, 5.41) is 0. The number of anilines is 1. The number of carbonyl (C=O) groups excluding carboxylic acids is 1. The van der Waals surface area contributed by atoms with Gasteiger partial charge >= 0.3 is 0 Å². The van der Waals surface area contributed by atoms with Crippen LogP contribution in [0.3, 0.4) is 0 Å². The van der Waals surface area contributed by atoms with Gasteiger partial charge in [-0.3, -0.25) is 9.59 Å². The van der Waals surface area contributed by atoms with E-state index in [1.54, 1.807) is 6.92 Å². The van der Waals surface area contributed by atoms with Gasteiger partial charge in [0.05, 0.1) is 5.69 Å². The van der Waals surface area contributed by atoms with Crippen molar-refractivity contribution in [3.63, 3.8) is 0 Å². The van der Waals surface area contributed by atoms with E-state index < -0.39 is 23.1 Å². The molecule has 1 N–H and O–H groups in total. The highest BCUT2D eigenvalue weighted by Crippen LogP contribution is 2.33. The van der Waals surface area contributed by atoms with Crippen molar-refractivity contribution in [2.24, 2.45) is 0 Å². The number of aromatic nitrogens is 1. The molecule has 2 aromatic rings. The molecule has 0 saturated heterocycles. The van der Waals surface area contributed by atoms with Crippen LogP contribution in [0.15, 0.2) is 29.1 Å². The van der Waals surface area contributed by atoms with Crippen LogP contribution in [0.4, 0.5) is 14.5 Å². The Morgan fingerprint density at radius 2 is 1.83 bits per heavy atom. The van der Waals surface area contributed by atoms with E-state index >= 15 is 0 Å². The van der Waals surface area contributed by atoms with Crippen molar-refractivity contribution in [3.05, 3.63) is 61.1 Å². The van der Waals surface area contributed by atoms with E-state index in [1.807, 2.05) is 22.6 Å². The lowest BCUT2D eigenvalue weighted by Gasteiger charge is -2.22. The number of aryl methyl sites for hydroxylation is 1. The van der Waals surface area contributed by atoms with Gasteiger partial charge < -0.3 is 9.88 Å². The summed E-state index contributed by atoms with van der Waals surface area (Å²) in [6.45, 7) is 1.73. The third kappa shape index (κ3) is 3.29. The number of H-pyrrole nitrogens is 1. The number of carbonyl (C=O) groups is 1. The number of halogens is 3. The number of hydrogen-bond donors (Lipinski definition) is 1. The fourth-order valence-corrected chi connectivity index (χ4v) is 2.84. The first-order valence-electron chi connectivity index (χ1n) is 7.06. The summed E-state index contributed by atoms with van der Waals surface area (Å²) in [6.07, 6.45) is 1.48. The molecule has 23 heavy (non-hydrogen) atoms. The standard InChI is InChI=1S/C16H13F2IN2O2/c1-8-14(19)7-13(15(22)20-8)16(23)21(11-2-3-11)12-5-9(17)4-10(18)6-12/h4-7,11H,2-3H2,1H3,(H,20,22). The molecule has 0 bridgehead atoms. The first-order valence-corrected chi connectivity index (χ1v) is 8.14. The molecule has 4 nitrogen and oxygen atoms in total. The van der Waals surface area contributed by atoms with E-state index in [1.165, 1.54) is 11.0 Å². The molecule has 1 fully saturated rings. The fraction of sp³-hybridized carbons (Fsp3) is 0.250. The van der Waals surface area contributed by atoms with Crippen LogP contribution in [-0.2, 0) is 0 Å². The average Bonchev–Trinajstić information content (AvgIpc) is 3.26. The van der Waals surface area contributed by atoms with Crippen molar-refractivity contribution < 1.29 is 13.6 Å². The molecule has 1 heterocycles. The minimum absolute atomic E-state index is 0.0310. The van der Waals surface area contributed by atoms with Gasteiger partial charge in [-0.2, -0.15) is 0 Å². The predicted molar refractivity (Wildman–Crippen MR) is 90.7 cm³/mol. The molecular weight excluding hydrogens is 417 g/mol. The monoisotopic (exact) mass is 430 g/mol. The lowest BCUT2D eigenvalue weighted by Crippen LogP contribution is -2.37. The number of nitrogens with zero attached hydrogens (tertiary/aromatic N) is 1. The van der Waals surface area contributed by atoms with Crippen molar-refractivity contribution in [1.82, 2.24) is 4.98 Å². The van der Waals surface area contributed by atoms with Crippen LogP contribution in [0.2, 0.25) is 0 Å². The number of hydrogen-bond acceptors (Lipinski definition) is 2. The Morgan fingerprint density at radius 3 is 2.39 bits per heavy atom. The molecule has 1 aromatic carbocycles.